The molecule has 4 aromatic rings. The predicted octanol–water partition coefficient (Wildman–Crippen LogP) is 2.91. The van der Waals surface area contributed by atoms with Crippen LogP contribution in [0.1, 0.15) is 20.8 Å². The van der Waals surface area contributed by atoms with Crippen LogP contribution in [0, 0.1) is 0 Å². The number of furan rings is 1. The third kappa shape index (κ3) is 3.18. The molecule has 2 N–H and O–H groups in total. The fourth-order valence-corrected chi connectivity index (χ4v) is 2.86. The van der Waals surface area contributed by atoms with Gasteiger partial charge in [-0.15, -0.1) is 0 Å². The van der Waals surface area contributed by atoms with Crippen LogP contribution in [0.3, 0.4) is 0 Å². The van der Waals surface area contributed by atoms with Crippen LogP contribution in [0.15, 0.2) is 71.5 Å². The van der Waals surface area contributed by atoms with Crippen LogP contribution < -0.4 is 10.9 Å². The van der Waals surface area contributed by atoms with Crippen LogP contribution in [0.2, 0.25) is 0 Å². The lowest BCUT2D eigenvalue weighted by molar-refractivity contribution is 0.0843. The van der Waals surface area contributed by atoms with E-state index >= 15 is 0 Å². The van der Waals surface area contributed by atoms with Crippen LogP contribution in [0.25, 0.3) is 22.4 Å². The molecule has 7 nitrogen and oxygen atoms in total. The number of fused-ring (bicyclic) bond motifs is 1. The Labute approximate surface area is 154 Å². The zero-order chi connectivity index (χ0) is 18.8. The summed E-state index contributed by atoms with van der Waals surface area (Å²) in [6.45, 7) is 0. The maximum absolute atomic E-state index is 12.7. The van der Waals surface area contributed by atoms with E-state index in [0.29, 0.717) is 33.6 Å². The Morgan fingerprint density at radius 2 is 1.81 bits per heavy atom. The number of hydrogen-bond acceptors (Lipinski definition) is 4. The molecular formula is C20H16N4O3. The molecule has 0 saturated carbocycles. The zero-order valence-electron chi connectivity index (χ0n) is 14.5. The van der Waals surface area contributed by atoms with Crippen LogP contribution in [-0.4, -0.2) is 21.4 Å². The molecule has 0 aliphatic rings. The second-order valence-corrected chi connectivity index (χ2v) is 5.96. The molecule has 0 bridgehead atoms. The van der Waals surface area contributed by atoms with E-state index in [4.69, 9.17) is 4.42 Å². The number of aryl methyl sites for hydroxylation is 1. The number of rotatable bonds is 3. The molecule has 27 heavy (non-hydrogen) atoms. The molecule has 0 aliphatic carbocycles. The van der Waals surface area contributed by atoms with E-state index in [1.165, 1.54) is 0 Å². The summed E-state index contributed by atoms with van der Waals surface area (Å²) in [5, 5.41) is 0.679. The van der Waals surface area contributed by atoms with E-state index in [0.717, 1.165) is 0 Å². The normalized spacial score (nSPS) is 10.7. The number of carbonyl (C=O) groups is 2. The van der Waals surface area contributed by atoms with Gasteiger partial charge in [0.1, 0.15) is 11.4 Å². The Morgan fingerprint density at radius 3 is 2.56 bits per heavy atom. The molecule has 0 spiro atoms. The minimum Gasteiger partial charge on any atom is -0.463 e. The van der Waals surface area contributed by atoms with Gasteiger partial charge in [0.25, 0.3) is 11.8 Å². The highest BCUT2D eigenvalue weighted by Gasteiger charge is 2.16. The number of hydrazine groups is 1. The summed E-state index contributed by atoms with van der Waals surface area (Å²) in [5.41, 5.74) is 6.93. The van der Waals surface area contributed by atoms with Crippen molar-refractivity contribution in [3.8, 4) is 11.5 Å². The molecule has 1 aromatic carbocycles. The molecule has 2 amide bonds. The number of nitrogens with zero attached hydrogens (tertiary/aromatic N) is 2. The Bertz CT molecular complexity index is 1130. The van der Waals surface area contributed by atoms with E-state index < -0.39 is 11.8 Å². The molecule has 0 atom stereocenters. The lowest BCUT2D eigenvalue weighted by Crippen LogP contribution is -2.42. The molecule has 134 valence electrons. The Hall–Kier alpha value is -3.87. The van der Waals surface area contributed by atoms with Crippen molar-refractivity contribution in [2.24, 2.45) is 7.05 Å². The molecule has 0 saturated heterocycles. The van der Waals surface area contributed by atoms with Crippen molar-refractivity contribution in [1.82, 2.24) is 20.4 Å². The Morgan fingerprint density at radius 1 is 1.00 bits per heavy atom. The van der Waals surface area contributed by atoms with E-state index in [1.54, 1.807) is 54.4 Å². The summed E-state index contributed by atoms with van der Waals surface area (Å²) in [6, 6.07) is 15.9. The van der Waals surface area contributed by atoms with E-state index in [2.05, 4.69) is 15.8 Å². The van der Waals surface area contributed by atoms with Gasteiger partial charge in [-0.2, -0.15) is 0 Å². The Kier molecular flexibility index (Phi) is 4.18. The maximum atomic E-state index is 12.7. The zero-order valence-corrected chi connectivity index (χ0v) is 14.5. The van der Waals surface area contributed by atoms with Gasteiger partial charge in [0.05, 0.1) is 17.3 Å². The minimum absolute atomic E-state index is 0.388. The van der Waals surface area contributed by atoms with Crippen molar-refractivity contribution < 1.29 is 14.0 Å². The smallest absolute Gasteiger partial charge is 0.286 e. The third-order valence-electron chi connectivity index (χ3n) is 4.20. The molecule has 7 heteroatoms. The summed E-state index contributed by atoms with van der Waals surface area (Å²) in [4.78, 5) is 29.5. The van der Waals surface area contributed by atoms with Crippen LogP contribution in [-0.2, 0) is 7.05 Å². The third-order valence-corrected chi connectivity index (χ3v) is 4.20. The lowest BCUT2D eigenvalue weighted by Gasteiger charge is -2.11. The fraction of sp³-hybridized carbons (Fsp3) is 0.0500. The minimum atomic E-state index is -0.441. The van der Waals surface area contributed by atoms with Crippen molar-refractivity contribution in [2.45, 2.75) is 0 Å². The number of nitrogens with one attached hydrogen (secondary N) is 2. The first-order valence-corrected chi connectivity index (χ1v) is 8.29. The molecule has 0 radical (unpaired) electrons. The number of amides is 2. The van der Waals surface area contributed by atoms with Gasteiger partial charge in [0.2, 0.25) is 0 Å². The number of hydrogen-bond donors (Lipinski definition) is 2. The van der Waals surface area contributed by atoms with Gasteiger partial charge in [-0.05, 0) is 36.4 Å². The summed E-state index contributed by atoms with van der Waals surface area (Å²) in [5.74, 6) is -0.285. The van der Waals surface area contributed by atoms with Gasteiger partial charge in [-0.3, -0.25) is 20.4 Å². The average Bonchev–Trinajstić information content (AvgIpc) is 3.36. The number of benzene rings is 1. The van der Waals surface area contributed by atoms with Crippen LogP contribution >= 0.6 is 0 Å². The number of para-hydroxylation sites is 1. The second-order valence-electron chi connectivity index (χ2n) is 5.96. The van der Waals surface area contributed by atoms with Crippen molar-refractivity contribution in [3.05, 3.63) is 78.3 Å². The first-order chi connectivity index (χ1) is 13.1. The molecule has 4 rings (SSSR count). The summed E-state index contributed by atoms with van der Waals surface area (Å²) >= 11 is 0. The first-order valence-electron chi connectivity index (χ1n) is 8.29. The Balaban J connectivity index is 1.64. The van der Waals surface area contributed by atoms with Gasteiger partial charge in [-0.25, -0.2) is 4.98 Å². The maximum Gasteiger partial charge on any atom is 0.286 e. The summed E-state index contributed by atoms with van der Waals surface area (Å²) < 4.78 is 7.06. The molecule has 3 aromatic heterocycles. The highest BCUT2D eigenvalue weighted by atomic mass is 16.3. The second kappa shape index (κ2) is 6.80. The molecule has 0 aliphatic heterocycles. The standard InChI is InChI=1S/C20H16N4O3/c1-24-10-4-8-17(24)20(26)23-22-19(25)14-12-16(18-9-5-11-27-18)21-15-7-3-2-6-13(14)15/h2-12H,1H3,(H,22,25)(H,23,26). The monoisotopic (exact) mass is 360 g/mol. The summed E-state index contributed by atoms with van der Waals surface area (Å²) in [7, 11) is 1.75. The van der Waals surface area contributed by atoms with Gasteiger partial charge in [-0.1, -0.05) is 18.2 Å². The van der Waals surface area contributed by atoms with Crippen LogP contribution in [0.4, 0.5) is 0 Å². The van der Waals surface area contributed by atoms with E-state index in [-0.39, 0.29) is 0 Å². The fourth-order valence-electron chi connectivity index (χ4n) is 2.86. The highest BCUT2D eigenvalue weighted by Crippen LogP contribution is 2.25. The average molecular weight is 360 g/mol. The molecular weight excluding hydrogens is 344 g/mol. The topological polar surface area (TPSA) is 89.2 Å². The molecule has 3 heterocycles. The SMILES string of the molecule is Cn1cccc1C(=O)NNC(=O)c1cc(-c2ccco2)nc2ccccc12. The number of pyridine rings is 1. The number of carbonyl (C=O) groups excluding carboxylic acids is 2. The van der Waals surface area contributed by atoms with Gasteiger partial charge in [0, 0.05) is 18.6 Å². The van der Waals surface area contributed by atoms with Crippen molar-refractivity contribution in [3.63, 3.8) is 0 Å². The first kappa shape index (κ1) is 16.6. The van der Waals surface area contributed by atoms with Crippen molar-refractivity contribution in [2.75, 3.05) is 0 Å². The quantitative estimate of drug-likeness (QED) is 0.550. The van der Waals surface area contributed by atoms with Gasteiger partial charge >= 0.3 is 0 Å². The summed E-state index contributed by atoms with van der Waals surface area (Å²) in [6.07, 6.45) is 3.30. The molecule has 0 unspecified atom stereocenters. The molecule has 0 fully saturated rings. The van der Waals surface area contributed by atoms with Crippen LogP contribution in [0.5, 0.6) is 0 Å². The van der Waals surface area contributed by atoms with Gasteiger partial charge in [0.15, 0.2) is 5.76 Å². The van der Waals surface area contributed by atoms with Crippen molar-refractivity contribution >= 4 is 22.7 Å². The predicted molar refractivity (Wildman–Crippen MR) is 99.8 cm³/mol. The largest absolute Gasteiger partial charge is 0.463 e. The van der Waals surface area contributed by atoms with Crippen molar-refractivity contribution in [1.29, 1.82) is 0 Å². The number of aromatic nitrogens is 2. The lowest BCUT2D eigenvalue weighted by atomic mass is 10.1. The highest BCUT2D eigenvalue weighted by molar-refractivity contribution is 6.08. The van der Waals surface area contributed by atoms with E-state index in [9.17, 15) is 9.59 Å². The van der Waals surface area contributed by atoms with Gasteiger partial charge < -0.3 is 8.98 Å². The van der Waals surface area contributed by atoms with E-state index in [1.807, 2.05) is 24.3 Å².